The molecule has 2 atom stereocenters. The molecule has 6 aromatic rings. The molecule has 0 fully saturated rings. The van der Waals surface area contributed by atoms with Gasteiger partial charge in [0, 0.05) is 0 Å². The van der Waals surface area contributed by atoms with Crippen molar-refractivity contribution in [1.29, 1.82) is 0 Å². The van der Waals surface area contributed by atoms with Crippen molar-refractivity contribution in [2.75, 3.05) is 0 Å². The van der Waals surface area contributed by atoms with Crippen LogP contribution in [0.25, 0.3) is 11.1 Å². The van der Waals surface area contributed by atoms with Crippen LogP contribution >= 0.6 is 18.5 Å². The molecular weight excluding hydrogens is 541 g/mol. The third-order valence-corrected chi connectivity index (χ3v) is 9.82. The van der Waals surface area contributed by atoms with E-state index in [0.717, 1.165) is 0 Å². The van der Waals surface area contributed by atoms with Gasteiger partial charge in [0.05, 0.1) is 10.3 Å². The van der Waals surface area contributed by atoms with E-state index in [2.05, 4.69) is 188 Å². The van der Waals surface area contributed by atoms with Gasteiger partial charge in [-0.1, -0.05) is 170 Å². The molecule has 0 amide bonds. The zero-order chi connectivity index (χ0) is 27.4. The van der Waals surface area contributed by atoms with Gasteiger partial charge < -0.3 is 1.43 Å². The van der Waals surface area contributed by atoms with Gasteiger partial charge in [0.2, 0.25) is 0 Å². The SMILES string of the molecule is PC(c1ccccc1)(c1ccccc1)c1cccc(-c2ccccc2)c1C(P)(c1ccccc1)c1ccccc1.[H-].[Na+]. The van der Waals surface area contributed by atoms with Crippen molar-refractivity contribution in [3.8, 4) is 11.1 Å². The minimum Gasteiger partial charge on any atom is -1.00 e. The van der Waals surface area contributed by atoms with Gasteiger partial charge >= 0.3 is 29.6 Å². The van der Waals surface area contributed by atoms with Crippen molar-refractivity contribution in [3.63, 3.8) is 0 Å². The van der Waals surface area contributed by atoms with E-state index in [1.807, 2.05) is 0 Å². The number of hydrogen-bond donors (Lipinski definition) is 0. The number of rotatable bonds is 7. The summed E-state index contributed by atoms with van der Waals surface area (Å²) < 4.78 is 0. The maximum absolute atomic E-state index is 3.30. The maximum atomic E-state index is 3.30. The molecule has 0 bridgehead atoms. The Labute approximate surface area is 272 Å². The molecule has 0 saturated heterocycles. The first-order valence-corrected chi connectivity index (χ1v) is 14.8. The molecule has 0 aromatic heterocycles. The van der Waals surface area contributed by atoms with Crippen molar-refractivity contribution in [2.24, 2.45) is 0 Å². The minimum atomic E-state index is -0.518. The van der Waals surface area contributed by atoms with Gasteiger partial charge in [0.1, 0.15) is 0 Å². The van der Waals surface area contributed by atoms with Gasteiger partial charge in [0.15, 0.2) is 0 Å². The molecule has 0 saturated carbocycles. The van der Waals surface area contributed by atoms with Crippen LogP contribution in [0, 0.1) is 0 Å². The quantitative estimate of drug-likeness (QED) is 0.112. The fourth-order valence-corrected chi connectivity index (χ4v) is 7.22. The summed E-state index contributed by atoms with van der Waals surface area (Å²) >= 11 is 0. The van der Waals surface area contributed by atoms with Crippen LogP contribution in [0.2, 0.25) is 0 Å². The smallest absolute Gasteiger partial charge is 1.00 e. The summed E-state index contributed by atoms with van der Waals surface area (Å²) in [6.07, 6.45) is 0. The summed E-state index contributed by atoms with van der Waals surface area (Å²) in [5.41, 5.74) is 9.85. The van der Waals surface area contributed by atoms with E-state index in [0.29, 0.717) is 0 Å². The topological polar surface area (TPSA) is 0 Å². The Bertz CT molecular complexity index is 1620. The third-order valence-electron chi connectivity index (χ3n) is 7.88. The molecule has 6 aromatic carbocycles. The molecule has 41 heavy (non-hydrogen) atoms. The molecule has 6 rings (SSSR count). The van der Waals surface area contributed by atoms with Gasteiger partial charge in [-0.3, -0.25) is 0 Å². The van der Waals surface area contributed by atoms with E-state index < -0.39 is 10.3 Å². The summed E-state index contributed by atoms with van der Waals surface area (Å²) in [7, 11) is 6.58. The van der Waals surface area contributed by atoms with Crippen LogP contribution < -0.4 is 29.6 Å². The molecule has 0 radical (unpaired) electrons. The molecule has 2 unspecified atom stereocenters. The standard InChI is InChI=1S/C38H32P2.Na.H/c39-37(30-19-8-2-9-20-30,31-21-10-3-11-22-31)35-28-16-27-34(29-17-6-1-7-18-29)36(35)38(40,32-23-12-4-13-24-32)33-25-14-5-15-26-33;;/h1-28H,39-40H2;;/q;+1;-1. The number of hydrogen-bond acceptors (Lipinski definition) is 0. The number of benzene rings is 6. The van der Waals surface area contributed by atoms with E-state index in [9.17, 15) is 0 Å². The van der Waals surface area contributed by atoms with Crippen LogP contribution in [0.1, 0.15) is 34.8 Å². The molecule has 196 valence electrons. The van der Waals surface area contributed by atoms with E-state index in [-0.39, 0.29) is 31.0 Å². The summed E-state index contributed by atoms with van der Waals surface area (Å²) in [4.78, 5) is 0. The second-order valence-corrected chi connectivity index (χ2v) is 11.9. The Kier molecular flexibility index (Phi) is 9.41. The van der Waals surface area contributed by atoms with Crippen LogP contribution in [0.5, 0.6) is 0 Å². The van der Waals surface area contributed by atoms with Crippen molar-refractivity contribution in [1.82, 2.24) is 0 Å². The van der Waals surface area contributed by atoms with E-state index in [1.165, 1.54) is 44.5 Å². The second kappa shape index (κ2) is 13.0. The van der Waals surface area contributed by atoms with Gasteiger partial charge in [-0.2, -0.15) is 0 Å². The Balaban J connectivity index is 0.00000202. The van der Waals surface area contributed by atoms with Crippen LogP contribution in [-0.2, 0) is 10.3 Å². The third kappa shape index (κ3) is 5.53. The van der Waals surface area contributed by atoms with Crippen molar-refractivity contribution < 1.29 is 31.0 Å². The molecule has 3 heteroatoms. The minimum absolute atomic E-state index is 0. The molecule has 0 heterocycles. The predicted molar refractivity (Wildman–Crippen MR) is 178 cm³/mol. The van der Waals surface area contributed by atoms with Gasteiger partial charge in [-0.25, -0.2) is 0 Å². The molecule has 0 aliphatic rings. The first-order valence-electron chi connectivity index (χ1n) is 13.6. The van der Waals surface area contributed by atoms with E-state index in [1.54, 1.807) is 0 Å². The average molecular weight is 575 g/mol. The first-order chi connectivity index (χ1) is 19.6. The van der Waals surface area contributed by atoms with Gasteiger partial charge in [0.25, 0.3) is 0 Å². The summed E-state index contributed by atoms with van der Waals surface area (Å²) in [5.74, 6) is 0. The Morgan fingerprint density at radius 1 is 0.366 bits per heavy atom. The summed E-state index contributed by atoms with van der Waals surface area (Å²) in [5, 5.41) is -1.01. The van der Waals surface area contributed by atoms with Crippen molar-refractivity contribution in [2.45, 2.75) is 10.3 Å². The zero-order valence-corrected chi connectivity index (χ0v) is 27.6. The predicted octanol–water partition coefficient (Wildman–Crippen LogP) is 6.80. The molecular formula is C38H33NaP2. The average Bonchev–Trinajstić information content (AvgIpc) is 3.05. The molecule has 0 spiro atoms. The van der Waals surface area contributed by atoms with Crippen molar-refractivity contribution in [3.05, 3.63) is 203 Å². The zero-order valence-electron chi connectivity index (χ0n) is 24.3. The van der Waals surface area contributed by atoms with Gasteiger partial charge in [-0.05, 0) is 44.5 Å². The van der Waals surface area contributed by atoms with Gasteiger partial charge in [-0.15, -0.1) is 18.5 Å². The molecule has 0 aliphatic carbocycles. The molecule has 0 aliphatic heterocycles. The monoisotopic (exact) mass is 574 g/mol. The Hall–Kier alpha value is -2.82. The normalized spacial score (nSPS) is 11.5. The Morgan fingerprint density at radius 3 is 1.10 bits per heavy atom. The Morgan fingerprint density at radius 2 is 0.707 bits per heavy atom. The van der Waals surface area contributed by atoms with E-state index >= 15 is 0 Å². The molecule has 0 nitrogen and oxygen atoms in total. The summed E-state index contributed by atoms with van der Waals surface area (Å²) in [6, 6.07) is 61.1. The second-order valence-electron chi connectivity index (χ2n) is 10.2. The molecule has 0 N–H and O–H groups in total. The largest absolute Gasteiger partial charge is 1.00 e. The van der Waals surface area contributed by atoms with E-state index in [4.69, 9.17) is 0 Å². The van der Waals surface area contributed by atoms with Crippen molar-refractivity contribution >= 4 is 18.5 Å². The van der Waals surface area contributed by atoms with Crippen LogP contribution in [0.3, 0.4) is 0 Å². The fraction of sp³-hybridized carbons (Fsp3) is 0.0526. The van der Waals surface area contributed by atoms with Crippen LogP contribution in [0.4, 0.5) is 0 Å². The maximum Gasteiger partial charge on any atom is 1.00 e. The fourth-order valence-electron chi connectivity index (χ4n) is 5.90. The summed E-state index contributed by atoms with van der Waals surface area (Å²) in [6.45, 7) is 0. The first kappa shape index (κ1) is 29.7. The van der Waals surface area contributed by atoms with Crippen LogP contribution in [0.15, 0.2) is 170 Å². The van der Waals surface area contributed by atoms with Crippen LogP contribution in [-0.4, -0.2) is 0 Å².